The Hall–Kier alpha value is -4.07. The number of rotatable bonds is 6. The average Bonchev–Trinajstić information content (AvgIpc) is 3.55. The molecule has 4 rings (SSSR count). The first-order valence-electron chi connectivity index (χ1n) is 14.9. The molecule has 2 unspecified atom stereocenters. The Morgan fingerprint density at radius 3 is 1.90 bits per heavy atom. The van der Waals surface area contributed by atoms with Crippen molar-refractivity contribution in [2.75, 3.05) is 15.5 Å². The summed E-state index contributed by atoms with van der Waals surface area (Å²) < 4.78 is 68.7. The first kappa shape index (κ1) is 38.7. The summed E-state index contributed by atoms with van der Waals surface area (Å²) in [6.45, 7) is 10.0. The van der Waals surface area contributed by atoms with Crippen LogP contribution in [0.5, 0.6) is 0 Å². The van der Waals surface area contributed by atoms with Crippen LogP contribution in [-0.4, -0.2) is 39.5 Å². The van der Waals surface area contributed by atoms with Gasteiger partial charge < -0.3 is 20.1 Å². The van der Waals surface area contributed by atoms with Crippen LogP contribution in [0, 0.1) is 36.1 Å². The van der Waals surface area contributed by atoms with Crippen LogP contribution in [0.4, 0.5) is 44.2 Å². The Morgan fingerprint density at radius 1 is 0.800 bits per heavy atom. The lowest BCUT2D eigenvalue weighted by Gasteiger charge is -2.29. The van der Waals surface area contributed by atoms with Crippen molar-refractivity contribution in [3.05, 3.63) is 87.4 Å². The molecule has 0 radical (unpaired) electrons. The number of nitrogens with one attached hydrogen (secondary N) is 2. The van der Waals surface area contributed by atoms with Gasteiger partial charge in [-0.05, 0) is 96.0 Å². The minimum Gasteiger partial charge on any atom is -0.443 e. The number of anilines is 3. The molecule has 1 saturated carbocycles. The Kier molecular flexibility index (Phi) is 10.8. The van der Waals surface area contributed by atoms with Gasteiger partial charge in [0.25, 0.3) is 5.91 Å². The number of nitrogens with zero attached hydrogens (tertiary/aromatic N) is 1. The van der Waals surface area contributed by atoms with E-state index in [2.05, 4.69) is 10.6 Å². The quantitative estimate of drug-likeness (QED) is 0.191. The SMILES string of the molecule is Cc1c(F)cc(NC(=O)C2C(c3ccc(F)c(Cl)c3)C2(Cl)Cl)cc1C(=O)Nc1ccc(F)c(N(C(=O)OC(C)(C)C)C(=O)OC(C)(C)C)c1F. The third-order valence-electron chi connectivity index (χ3n) is 7.19. The number of amides is 4. The topological polar surface area (TPSA) is 114 Å². The third kappa shape index (κ3) is 8.44. The molecule has 4 amide bonds. The summed E-state index contributed by atoms with van der Waals surface area (Å²) >= 11 is 18.6. The van der Waals surface area contributed by atoms with Gasteiger partial charge in [0.2, 0.25) is 5.91 Å². The van der Waals surface area contributed by atoms with Gasteiger partial charge in [-0.25, -0.2) is 27.2 Å². The van der Waals surface area contributed by atoms with Crippen LogP contribution >= 0.6 is 34.8 Å². The summed E-state index contributed by atoms with van der Waals surface area (Å²) in [5, 5.41) is 4.42. The van der Waals surface area contributed by atoms with Gasteiger partial charge in [0.05, 0.1) is 16.6 Å². The van der Waals surface area contributed by atoms with Crippen molar-refractivity contribution in [2.45, 2.75) is 69.9 Å². The smallest absolute Gasteiger partial charge is 0.424 e. The molecule has 9 nitrogen and oxygen atoms in total. The van der Waals surface area contributed by atoms with Gasteiger partial charge in [0.1, 0.15) is 32.9 Å². The van der Waals surface area contributed by atoms with E-state index in [0.717, 1.165) is 24.3 Å². The maximum Gasteiger partial charge on any atom is 0.424 e. The zero-order valence-electron chi connectivity index (χ0n) is 27.7. The summed E-state index contributed by atoms with van der Waals surface area (Å²) in [5.41, 5.74) is -4.69. The number of imide groups is 1. The molecule has 1 aliphatic rings. The number of halogens is 7. The molecular formula is C34H32Cl3F4N3O6. The van der Waals surface area contributed by atoms with E-state index in [1.165, 1.54) is 60.6 Å². The van der Waals surface area contributed by atoms with E-state index in [0.29, 0.717) is 11.6 Å². The second-order valence-electron chi connectivity index (χ2n) is 13.4. The van der Waals surface area contributed by atoms with Crippen molar-refractivity contribution >= 4 is 75.9 Å². The highest BCUT2D eigenvalue weighted by molar-refractivity contribution is 6.53. The number of alkyl halides is 2. The molecule has 0 saturated heterocycles. The second-order valence-corrected chi connectivity index (χ2v) is 15.3. The van der Waals surface area contributed by atoms with Crippen LogP contribution in [-0.2, 0) is 14.3 Å². The summed E-state index contributed by atoms with van der Waals surface area (Å²) in [6.07, 6.45) is -2.93. The van der Waals surface area contributed by atoms with Gasteiger partial charge in [0, 0.05) is 17.2 Å². The van der Waals surface area contributed by atoms with E-state index >= 15 is 13.2 Å². The van der Waals surface area contributed by atoms with Crippen molar-refractivity contribution in [3.63, 3.8) is 0 Å². The van der Waals surface area contributed by atoms with Crippen LogP contribution in [0.1, 0.15) is 68.9 Å². The molecule has 0 bridgehead atoms. The molecule has 0 heterocycles. The third-order valence-corrected chi connectivity index (χ3v) is 8.42. The lowest BCUT2D eigenvalue weighted by Crippen LogP contribution is -2.44. The summed E-state index contributed by atoms with van der Waals surface area (Å²) in [7, 11) is 0. The van der Waals surface area contributed by atoms with Crippen LogP contribution < -0.4 is 15.5 Å². The minimum atomic E-state index is -1.61. The monoisotopic (exact) mass is 759 g/mol. The van der Waals surface area contributed by atoms with Crippen molar-refractivity contribution < 1.29 is 46.2 Å². The standard InChI is InChI=1S/C34H32Cl3F4N3O6/c1-15-18(13-17(14-22(15)40)42-29(46)25-24(34(25,36)37)16-8-9-20(38)19(35)12-16)28(45)43-23-11-10-21(39)27(26(23)41)44(30(47)49-32(2,3)4)31(48)50-33(5,6)7/h8-14,24-25H,1-7H3,(H,42,46)(H,43,45). The number of hydrogen-bond donors (Lipinski definition) is 2. The summed E-state index contributed by atoms with van der Waals surface area (Å²) in [5.74, 6) is -8.28. The molecule has 1 fully saturated rings. The van der Waals surface area contributed by atoms with E-state index in [-0.39, 0.29) is 26.7 Å². The molecular weight excluding hydrogens is 729 g/mol. The molecule has 3 aromatic carbocycles. The van der Waals surface area contributed by atoms with E-state index < -0.39 is 86.0 Å². The highest BCUT2D eigenvalue weighted by Gasteiger charge is 2.67. The first-order chi connectivity index (χ1) is 22.9. The fourth-order valence-corrected chi connectivity index (χ4v) is 5.90. The lowest BCUT2D eigenvalue weighted by atomic mass is 10.1. The molecule has 0 aromatic heterocycles. The van der Waals surface area contributed by atoms with Crippen molar-refractivity contribution in [2.24, 2.45) is 5.92 Å². The average molecular weight is 761 g/mol. The second kappa shape index (κ2) is 13.9. The maximum atomic E-state index is 16.0. The lowest BCUT2D eigenvalue weighted by molar-refractivity contribution is -0.117. The molecule has 0 aliphatic heterocycles. The van der Waals surface area contributed by atoms with Crippen LogP contribution in [0.15, 0.2) is 42.5 Å². The zero-order valence-corrected chi connectivity index (χ0v) is 30.0. The van der Waals surface area contributed by atoms with Crippen LogP contribution in [0.25, 0.3) is 0 Å². The van der Waals surface area contributed by atoms with Gasteiger partial charge >= 0.3 is 12.2 Å². The van der Waals surface area contributed by atoms with Gasteiger partial charge in [-0.2, -0.15) is 4.90 Å². The van der Waals surface area contributed by atoms with E-state index in [1.54, 1.807) is 0 Å². The number of carbonyl (C=O) groups excluding carboxylic acids is 4. The highest BCUT2D eigenvalue weighted by atomic mass is 35.5. The van der Waals surface area contributed by atoms with E-state index in [4.69, 9.17) is 44.3 Å². The van der Waals surface area contributed by atoms with Gasteiger partial charge in [-0.15, -0.1) is 23.2 Å². The number of hydrogen-bond acceptors (Lipinski definition) is 6. The Morgan fingerprint density at radius 2 is 1.36 bits per heavy atom. The minimum absolute atomic E-state index is 0.0245. The molecule has 16 heteroatoms. The van der Waals surface area contributed by atoms with E-state index in [1.807, 2.05) is 0 Å². The molecule has 3 aromatic rings. The predicted molar refractivity (Wildman–Crippen MR) is 181 cm³/mol. The predicted octanol–water partition coefficient (Wildman–Crippen LogP) is 9.66. The fourth-order valence-electron chi connectivity index (χ4n) is 4.88. The molecule has 2 N–H and O–H groups in total. The van der Waals surface area contributed by atoms with Gasteiger partial charge in [-0.1, -0.05) is 17.7 Å². The maximum absolute atomic E-state index is 16.0. The zero-order chi connectivity index (χ0) is 37.7. The molecule has 1 aliphatic carbocycles. The highest BCUT2D eigenvalue weighted by Crippen LogP contribution is 2.65. The molecule has 2 atom stereocenters. The number of benzene rings is 3. The summed E-state index contributed by atoms with van der Waals surface area (Å²) in [6, 6.07) is 7.27. The Bertz CT molecular complexity index is 1870. The molecule has 50 heavy (non-hydrogen) atoms. The Balaban J connectivity index is 1.63. The van der Waals surface area contributed by atoms with Gasteiger partial charge in [0.15, 0.2) is 11.6 Å². The Labute approximate surface area is 300 Å². The first-order valence-corrected chi connectivity index (χ1v) is 16.1. The summed E-state index contributed by atoms with van der Waals surface area (Å²) in [4.78, 5) is 52.7. The molecule has 268 valence electrons. The van der Waals surface area contributed by atoms with Crippen molar-refractivity contribution in [1.29, 1.82) is 0 Å². The van der Waals surface area contributed by atoms with Crippen LogP contribution in [0.2, 0.25) is 5.02 Å². The number of carbonyl (C=O) groups is 4. The largest absolute Gasteiger partial charge is 0.443 e. The van der Waals surface area contributed by atoms with Crippen molar-refractivity contribution in [1.82, 2.24) is 0 Å². The number of ether oxygens (including phenoxy) is 2. The fraction of sp³-hybridized carbons (Fsp3) is 0.353. The van der Waals surface area contributed by atoms with Gasteiger partial charge in [-0.3, -0.25) is 9.59 Å². The molecule has 0 spiro atoms. The van der Waals surface area contributed by atoms with Crippen LogP contribution in [0.3, 0.4) is 0 Å². The normalized spacial score (nSPS) is 16.7. The van der Waals surface area contributed by atoms with E-state index in [9.17, 15) is 23.6 Å². The van der Waals surface area contributed by atoms with Crippen molar-refractivity contribution in [3.8, 4) is 0 Å².